The standard InChI is InChI=1S/C60H99O11P/c1-4-7-10-13-16-19-21-23-25-27-28-30-31-33-35-38-40-43-46-49-58(62)67-53-57(71-60(64)51-48-45-42-39-36-34-32-29-26-24-22-20-17-14-11-8-5-2)55-69-72(65,66)68-54-56(52-61)70-59(63)50-47-44-41-37-18-15-12-9-6-3/h7-8,10-11,16-17,19-20,23-26,28,30,32-35,56-57,61H,4-6,9,12-15,18,21-22,27,29,31,36-55H2,1-3H3,(H,65,66)/b10-7-,11-8-,19-16-,20-17-,25-23-,26-24-,30-28-,34-32-,35-33-. The van der Waals surface area contributed by atoms with Crippen LogP contribution < -0.4 is 0 Å². The van der Waals surface area contributed by atoms with E-state index in [1.807, 2.05) is 0 Å². The fourth-order valence-corrected chi connectivity index (χ4v) is 7.80. The first kappa shape index (κ1) is 68.1. The van der Waals surface area contributed by atoms with E-state index in [4.69, 9.17) is 23.3 Å². The van der Waals surface area contributed by atoms with Crippen LogP contribution in [0.2, 0.25) is 0 Å². The van der Waals surface area contributed by atoms with Gasteiger partial charge in [0.05, 0.1) is 19.8 Å². The third-order valence-electron chi connectivity index (χ3n) is 11.2. The molecule has 0 aliphatic heterocycles. The molecular weight excluding hydrogens is 928 g/mol. The fourth-order valence-electron chi connectivity index (χ4n) is 7.02. The molecule has 12 heteroatoms. The van der Waals surface area contributed by atoms with Crippen LogP contribution in [0.1, 0.15) is 213 Å². The van der Waals surface area contributed by atoms with Gasteiger partial charge in [0.2, 0.25) is 0 Å². The Bertz CT molecular complexity index is 1620. The maximum absolute atomic E-state index is 12.9. The highest BCUT2D eigenvalue weighted by atomic mass is 31.2. The summed E-state index contributed by atoms with van der Waals surface area (Å²) in [5, 5.41) is 9.77. The zero-order chi connectivity index (χ0) is 52.7. The van der Waals surface area contributed by atoms with Gasteiger partial charge in [-0.15, -0.1) is 0 Å². The van der Waals surface area contributed by atoms with E-state index >= 15 is 0 Å². The van der Waals surface area contributed by atoms with Gasteiger partial charge in [-0.1, -0.05) is 201 Å². The number of phosphoric ester groups is 1. The van der Waals surface area contributed by atoms with Gasteiger partial charge in [0.1, 0.15) is 12.7 Å². The number of unbranched alkanes of at least 4 members (excludes halogenated alkanes) is 15. The molecule has 0 bridgehead atoms. The fraction of sp³-hybridized carbons (Fsp3) is 0.650. The third kappa shape index (κ3) is 51.1. The van der Waals surface area contributed by atoms with Crippen LogP contribution in [0.25, 0.3) is 0 Å². The van der Waals surface area contributed by atoms with Crippen molar-refractivity contribution in [2.24, 2.45) is 0 Å². The Morgan fingerprint density at radius 2 is 0.722 bits per heavy atom. The number of allylic oxidation sites excluding steroid dienone is 18. The number of esters is 3. The van der Waals surface area contributed by atoms with Crippen molar-refractivity contribution in [1.29, 1.82) is 0 Å². The van der Waals surface area contributed by atoms with E-state index in [0.717, 1.165) is 122 Å². The minimum Gasteiger partial charge on any atom is -0.462 e. The van der Waals surface area contributed by atoms with Crippen molar-refractivity contribution in [3.05, 3.63) is 109 Å². The number of hydrogen-bond acceptors (Lipinski definition) is 10. The summed E-state index contributed by atoms with van der Waals surface area (Å²) in [5.41, 5.74) is 0. The van der Waals surface area contributed by atoms with Crippen LogP contribution in [0.15, 0.2) is 109 Å². The smallest absolute Gasteiger partial charge is 0.462 e. The van der Waals surface area contributed by atoms with Crippen molar-refractivity contribution in [3.63, 3.8) is 0 Å². The first-order valence-electron chi connectivity index (χ1n) is 27.8. The monoisotopic (exact) mass is 1030 g/mol. The second-order valence-electron chi connectivity index (χ2n) is 18.0. The molecule has 0 heterocycles. The Labute approximate surface area is 437 Å². The van der Waals surface area contributed by atoms with Crippen LogP contribution in [0.3, 0.4) is 0 Å². The lowest BCUT2D eigenvalue weighted by atomic mass is 10.1. The predicted molar refractivity (Wildman–Crippen MR) is 297 cm³/mol. The second kappa shape index (κ2) is 53.4. The summed E-state index contributed by atoms with van der Waals surface area (Å²) in [7, 11) is -4.76. The molecular formula is C60H99O11P. The van der Waals surface area contributed by atoms with Gasteiger partial charge in [-0.25, -0.2) is 4.57 Å². The normalized spacial score (nSPS) is 14.2. The summed E-state index contributed by atoms with van der Waals surface area (Å²) in [4.78, 5) is 48.4. The average Bonchev–Trinajstić information content (AvgIpc) is 3.37. The molecule has 0 rings (SSSR count). The van der Waals surface area contributed by atoms with Gasteiger partial charge in [0.25, 0.3) is 0 Å². The summed E-state index contributed by atoms with van der Waals surface area (Å²) in [6.07, 6.45) is 63.5. The van der Waals surface area contributed by atoms with Crippen molar-refractivity contribution in [2.75, 3.05) is 26.4 Å². The largest absolute Gasteiger partial charge is 0.472 e. The maximum Gasteiger partial charge on any atom is 0.472 e. The molecule has 11 nitrogen and oxygen atoms in total. The highest BCUT2D eigenvalue weighted by Crippen LogP contribution is 2.43. The Morgan fingerprint density at radius 3 is 1.12 bits per heavy atom. The van der Waals surface area contributed by atoms with E-state index in [-0.39, 0.29) is 25.9 Å². The van der Waals surface area contributed by atoms with E-state index in [2.05, 4.69) is 130 Å². The van der Waals surface area contributed by atoms with Gasteiger partial charge >= 0.3 is 25.7 Å². The zero-order valence-electron chi connectivity index (χ0n) is 45.1. The lowest BCUT2D eigenvalue weighted by molar-refractivity contribution is -0.161. The summed E-state index contributed by atoms with van der Waals surface area (Å²) < 4.78 is 39.4. The highest BCUT2D eigenvalue weighted by molar-refractivity contribution is 7.47. The number of aliphatic hydroxyl groups excluding tert-OH is 1. The first-order chi connectivity index (χ1) is 35.2. The number of carbonyl (C=O) groups is 3. The van der Waals surface area contributed by atoms with Crippen LogP contribution in [-0.2, 0) is 42.2 Å². The van der Waals surface area contributed by atoms with Crippen LogP contribution in [0.5, 0.6) is 0 Å². The minimum absolute atomic E-state index is 0.127. The molecule has 0 aromatic rings. The summed E-state index contributed by atoms with van der Waals surface area (Å²) in [6, 6.07) is 0. The number of carbonyl (C=O) groups excluding carboxylic acids is 3. The third-order valence-corrected chi connectivity index (χ3v) is 12.1. The molecule has 0 fully saturated rings. The molecule has 0 radical (unpaired) electrons. The van der Waals surface area contributed by atoms with E-state index < -0.39 is 57.8 Å². The van der Waals surface area contributed by atoms with Crippen molar-refractivity contribution in [1.82, 2.24) is 0 Å². The van der Waals surface area contributed by atoms with Gasteiger partial charge in [-0.2, -0.15) is 0 Å². The molecule has 0 saturated carbocycles. The lowest BCUT2D eigenvalue weighted by Crippen LogP contribution is -2.30. The highest BCUT2D eigenvalue weighted by Gasteiger charge is 2.28. The van der Waals surface area contributed by atoms with Gasteiger partial charge in [0.15, 0.2) is 6.10 Å². The summed E-state index contributed by atoms with van der Waals surface area (Å²) in [6.45, 7) is 4.31. The number of phosphoric acid groups is 1. The Balaban J connectivity index is 4.84. The van der Waals surface area contributed by atoms with Gasteiger partial charge in [-0.05, 0) is 103 Å². The van der Waals surface area contributed by atoms with Crippen molar-refractivity contribution < 1.29 is 52.2 Å². The Kier molecular flexibility index (Phi) is 50.6. The van der Waals surface area contributed by atoms with Crippen LogP contribution in [0.4, 0.5) is 0 Å². The molecule has 0 spiro atoms. The molecule has 410 valence electrons. The summed E-state index contributed by atoms with van der Waals surface area (Å²) >= 11 is 0. The number of ether oxygens (including phenoxy) is 3. The van der Waals surface area contributed by atoms with Crippen LogP contribution in [-0.4, -0.2) is 66.5 Å². The molecule has 0 aliphatic carbocycles. The molecule has 0 aromatic carbocycles. The van der Waals surface area contributed by atoms with Gasteiger partial charge in [-0.3, -0.25) is 23.4 Å². The average molecular weight is 1030 g/mol. The Morgan fingerprint density at radius 1 is 0.403 bits per heavy atom. The van der Waals surface area contributed by atoms with Crippen LogP contribution >= 0.6 is 7.82 Å². The topological polar surface area (TPSA) is 155 Å². The molecule has 3 unspecified atom stereocenters. The molecule has 0 aliphatic rings. The summed E-state index contributed by atoms with van der Waals surface area (Å²) in [5.74, 6) is -1.54. The van der Waals surface area contributed by atoms with E-state index in [1.165, 1.54) is 32.1 Å². The zero-order valence-corrected chi connectivity index (χ0v) is 46.0. The van der Waals surface area contributed by atoms with Crippen molar-refractivity contribution in [3.8, 4) is 0 Å². The SMILES string of the molecule is CC/C=C\C/C=C\C/C=C\C/C=C\C/C=C\CCCCCC(=O)OCC(COP(=O)(O)OCC(CO)OC(=O)CCCCCCCCCCC)OC(=O)CCCCCC/C=C\C/C=C\C/C=C\C/C=C\CC. The quantitative estimate of drug-likeness (QED) is 0.0197. The van der Waals surface area contributed by atoms with Crippen molar-refractivity contribution in [2.45, 2.75) is 226 Å². The number of rotatable bonds is 50. The van der Waals surface area contributed by atoms with E-state index in [1.54, 1.807) is 0 Å². The van der Waals surface area contributed by atoms with E-state index in [0.29, 0.717) is 19.3 Å². The molecule has 0 amide bonds. The molecule has 2 N–H and O–H groups in total. The number of hydrogen-bond donors (Lipinski definition) is 2. The lowest BCUT2D eigenvalue weighted by Gasteiger charge is -2.21. The predicted octanol–water partition coefficient (Wildman–Crippen LogP) is 16.2. The van der Waals surface area contributed by atoms with Crippen LogP contribution in [0, 0.1) is 0 Å². The van der Waals surface area contributed by atoms with E-state index in [9.17, 15) is 28.9 Å². The molecule has 0 saturated heterocycles. The van der Waals surface area contributed by atoms with Gasteiger partial charge < -0.3 is 24.2 Å². The molecule has 3 atom stereocenters. The second-order valence-corrected chi connectivity index (χ2v) is 19.4. The molecule has 72 heavy (non-hydrogen) atoms. The molecule has 0 aromatic heterocycles. The first-order valence-corrected chi connectivity index (χ1v) is 29.3. The maximum atomic E-state index is 12.9. The van der Waals surface area contributed by atoms with Gasteiger partial charge in [0, 0.05) is 19.3 Å². The number of aliphatic hydroxyl groups is 1. The minimum atomic E-state index is -4.76. The Hall–Kier alpha value is -3.86. The van der Waals surface area contributed by atoms with Crippen molar-refractivity contribution >= 4 is 25.7 Å².